The van der Waals surface area contributed by atoms with Crippen molar-refractivity contribution in [2.75, 3.05) is 31.0 Å². The Kier molecular flexibility index (Phi) is 6.11. The maximum absolute atomic E-state index is 13.2. The van der Waals surface area contributed by atoms with Gasteiger partial charge in [0.15, 0.2) is 0 Å². The number of aliphatic hydroxyl groups excluding tert-OH is 1. The number of nitrogens with zero attached hydrogens (tertiary/aromatic N) is 2. The van der Waals surface area contributed by atoms with Crippen molar-refractivity contribution in [1.82, 2.24) is 0 Å². The van der Waals surface area contributed by atoms with Crippen molar-refractivity contribution < 1.29 is 19.4 Å². The predicted octanol–water partition coefficient (Wildman–Crippen LogP) is 5.04. The lowest BCUT2D eigenvalue weighted by molar-refractivity contribution is -0.132. The molecule has 7 heteroatoms. The van der Waals surface area contributed by atoms with Gasteiger partial charge in [0.25, 0.3) is 11.7 Å². The topological polar surface area (TPSA) is 70.1 Å². The molecule has 0 bridgehead atoms. The number of anilines is 2. The number of halogens is 1. The smallest absolute Gasteiger partial charge is 0.300 e. The zero-order valence-corrected chi connectivity index (χ0v) is 19.2. The van der Waals surface area contributed by atoms with Crippen LogP contribution in [0.25, 0.3) is 5.76 Å². The highest BCUT2D eigenvalue weighted by Gasteiger charge is 2.46. The van der Waals surface area contributed by atoms with Gasteiger partial charge in [-0.25, -0.2) is 0 Å². The van der Waals surface area contributed by atoms with Crippen LogP contribution in [-0.2, 0) is 9.59 Å². The number of hydrogen-bond donors (Lipinski definition) is 1. The van der Waals surface area contributed by atoms with Gasteiger partial charge < -0.3 is 14.7 Å². The minimum Gasteiger partial charge on any atom is -0.507 e. The van der Waals surface area contributed by atoms with Crippen molar-refractivity contribution in [2.45, 2.75) is 6.04 Å². The number of carbonyl (C=O) groups excluding carboxylic acids is 2. The summed E-state index contributed by atoms with van der Waals surface area (Å²) in [4.78, 5) is 29.8. The minimum atomic E-state index is -0.793. The van der Waals surface area contributed by atoms with E-state index in [2.05, 4.69) is 0 Å². The molecule has 3 aromatic rings. The van der Waals surface area contributed by atoms with E-state index in [1.54, 1.807) is 30.3 Å². The lowest BCUT2D eigenvalue weighted by Gasteiger charge is -2.26. The van der Waals surface area contributed by atoms with Crippen LogP contribution in [0.2, 0.25) is 5.02 Å². The Balaban J connectivity index is 1.90. The molecule has 1 saturated heterocycles. The molecule has 3 aromatic carbocycles. The van der Waals surface area contributed by atoms with Gasteiger partial charge in [-0.05, 0) is 48.0 Å². The molecule has 1 unspecified atom stereocenters. The zero-order valence-electron chi connectivity index (χ0n) is 18.4. The molecule has 6 nitrogen and oxygen atoms in total. The van der Waals surface area contributed by atoms with E-state index in [9.17, 15) is 14.7 Å². The second-order valence-corrected chi connectivity index (χ2v) is 8.25. The Hall–Kier alpha value is -3.77. The van der Waals surface area contributed by atoms with Gasteiger partial charge >= 0.3 is 0 Å². The van der Waals surface area contributed by atoms with Crippen molar-refractivity contribution in [3.05, 3.63) is 94.5 Å². The van der Waals surface area contributed by atoms with Crippen LogP contribution in [0, 0.1) is 0 Å². The first-order chi connectivity index (χ1) is 15.8. The molecule has 4 rings (SSSR count). The maximum Gasteiger partial charge on any atom is 0.300 e. The summed E-state index contributed by atoms with van der Waals surface area (Å²) in [5.41, 5.74) is 2.56. The molecular weight excluding hydrogens is 440 g/mol. The number of ketones is 1. The summed E-state index contributed by atoms with van der Waals surface area (Å²) in [5, 5.41) is 11.6. The SMILES string of the molecule is COc1cc(/C(O)=C2/C(=O)C(=O)N(c3ccc(N(C)C)cc3)C2c2ccccc2)ccc1Cl. The molecule has 0 aromatic heterocycles. The highest BCUT2D eigenvalue weighted by Crippen LogP contribution is 2.43. The molecule has 1 fully saturated rings. The molecule has 168 valence electrons. The summed E-state index contributed by atoms with van der Waals surface area (Å²) in [5.74, 6) is -1.40. The Morgan fingerprint density at radius 2 is 1.67 bits per heavy atom. The van der Waals surface area contributed by atoms with Crippen LogP contribution in [0.4, 0.5) is 11.4 Å². The third-order valence-corrected chi connectivity index (χ3v) is 5.94. The van der Waals surface area contributed by atoms with Crippen LogP contribution in [-0.4, -0.2) is 38.0 Å². The fourth-order valence-electron chi connectivity index (χ4n) is 3.92. The van der Waals surface area contributed by atoms with Crippen LogP contribution in [0.1, 0.15) is 17.2 Å². The molecule has 0 saturated carbocycles. The van der Waals surface area contributed by atoms with Crippen molar-refractivity contribution in [1.29, 1.82) is 0 Å². The van der Waals surface area contributed by atoms with Crippen molar-refractivity contribution in [3.63, 3.8) is 0 Å². The average Bonchev–Trinajstić information content (AvgIpc) is 3.10. The Labute approximate surface area is 197 Å². The summed E-state index contributed by atoms with van der Waals surface area (Å²) in [6.07, 6.45) is 0. The van der Waals surface area contributed by atoms with Crippen LogP contribution in [0.15, 0.2) is 78.4 Å². The number of aliphatic hydroxyl groups is 1. The second-order valence-electron chi connectivity index (χ2n) is 7.84. The number of benzene rings is 3. The summed E-state index contributed by atoms with van der Waals surface area (Å²) in [6.45, 7) is 0. The van der Waals surface area contributed by atoms with Crippen molar-refractivity contribution in [3.8, 4) is 5.75 Å². The van der Waals surface area contributed by atoms with E-state index < -0.39 is 17.7 Å². The van der Waals surface area contributed by atoms with E-state index in [0.29, 0.717) is 27.6 Å². The predicted molar refractivity (Wildman–Crippen MR) is 130 cm³/mol. The first kappa shape index (κ1) is 22.4. The number of Topliss-reactive ketones (excluding diaryl/α,β-unsaturated/α-hetero) is 1. The molecule has 1 N–H and O–H groups in total. The largest absolute Gasteiger partial charge is 0.507 e. The molecule has 1 aliphatic heterocycles. The van der Waals surface area contributed by atoms with Gasteiger partial charge in [0.1, 0.15) is 11.5 Å². The van der Waals surface area contributed by atoms with Gasteiger partial charge in [-0.1, -0.05) is 41.9 Å². The Morgan fingerprint density at radius 3 is 2.27 bits per heavy atom. The zero-order chi connectivity index (χ0) is 23.7. The van der Waals surface area contributed by atoms with E-state index in [4.69, 9.17) is 16.3 Å². The van der Waals surface area contributed by atoms with Crippen LogP contribution in [0.3, 0.4) is 0 Å². The number of methoxy groups -OCH3 is 1. The van der Waals surface area contributed by atoms with E-state index >= 15 is 0 Å². The number of amides is 1. The van der Waals surface area contributed by atoms with Gasteiger partial charge in [-0.15, -0.1) is 0 Å². The van der Waals surface area contributed by atoms with Gasteiger partial charge in [0.2, 0.25) is 0 Å². The van der Waals surface area contributed by atoms with Crippen LogP contribution < -0.4 is 14.5 Å². The maximum atomic E-state index is 13.2. The Morgan fingerprint density at radius 1 is 1.00 bits per heavy atom. The number of ether oxygens (including phenoxy) is 1. The van der Waals surface area contributed by atoms with Gasteiger partial charge in [0, 0.05) is 31.0 Å². The molecule has 0 radical (unpaired) electrons. The normalized spacial score (nSPS) is 17.3. The first-order valence-electron chi connectivity index (χ1n) is 10.3. The average molecular weight is 463 g/mol. The summed E-state index contributed by atoms with van der Waals surface area (Å²) >= 11 is 6.12. The van der Waals surface area contributed by atoms with E-state index in [-0.39, 0.29) is 11.3 Å². The first-order valence-corrected chi connectivity index (χ1v) is 10.7. The molecule has 1 heterocycles. The Bertz CT molecular complexity index is 1240. The molecule has 0 spiro atoms. The highest BCUT2D eigenvalue weighted by molar-refractivity contribution is 6.51. The molecule has 1 amide bonds. The summed E-state index contributed by atoms with van der Waals surface area (Å²) in [6, 6.07) is 20.4. The molecule has 1 atom stereocenters. The van der Waals surface area contributed by atoms with Crippen LogP contribution in [0.5, 0.6) is 5.75 Å². The fraction of sp³-hybridized carbons (Fsp3) is 0.154. The van der Waals surface area contributed by atoms with Gasteiger partial charge in [0.05, 0.1) is 23.7 Å². The van der Waals surface area contributed by atoms with Crippen LogP contribution >= 0.6 is 11.6 Å². The monoisotopic (exact) mass is 462 g/mol. The highest BCUT2D eigenvalue weighted by atomic mass is 35.5. The van der Waals surface area contributed by atoms with Gasteiger partial charge in [-0.2, -0.15) is 0 Å². The minimum absolute atomic E-state index is 0.00672. The number of hydrogen-bond acceptors (Lipinski definition) is 5. The van der Waals surface area contributed by atoms with Crippen molar-refractivity contribution in [2.24, 2.45) is 0 Å². The number of carbonyl (C=O) groups is 2. The third-order valence-electron chi connectivity index (χ3n) is 5.63. The summed E-state index contributed by atoms with van der Waals surface area (Å²) in [7, 11) is 5.31. The third kappa shape index (κ3) is 4.05. The van der Waals surface area contributed by atoms with E-state index in [1.807, 2.05) is 61.5 Å². The fourth-order valence-corrected chi connectivity index (χ4v) is 4.12. The second kappa shape index (κ2) is 9.00. The van der Waals surface area contributed by atoms with E-state index in [1.165, 1.54) is 12.0 Å². The lowest BCUT2D eigenvalue weighted by Crippen LogP contribution is -2.29. The van der Waals surface area contributed by atoms with Gasteiger partial charge in [-0.3, -0.25) is 14.5 Å². The van der Waals surface area contributed by atoms with E-state index in [0.717, 1.165) is 5.69 Å². The molecule has 1 aliphatic rings. The standard InChI is InChI=1S/C26H23ClN2O4/c1-28(2)18-10-12-19(13-11-18)29-23(16-7-5-4-6-8-16)22(25(31)26(29)32)24(30)17-9-14-20(27)21(15-17)33-3/h4-15,23,30H,1-3H3/b24-22-. The molecule has 0 aliphatic carbocycles. The number of rotatable bonds is 5. The lowest BCUT2D eigenvalue weighted by atomic mass is 9.95. The quantitative estimate of drug-likeness (QED) is 0.327. The summed E-state index contributed by atoms with van der Waals surface area (Å²) < 4.78 is 5.25. The molecular formula is C26H23ClN2O4. The van der Waals surface area contributed by atoms with Crippen molar-refractivity contribution >= 4 is 40.4 Å². The molecule has 33 heavy (non-hydrogen) atoms.